The van der Waals surface area contributed by atoms with Crippen molar-refractivity contribution in [3.8, 4) is 0 Å². The van der Waals surface area contributed by atoms with Crippen LogP contribution in [0.5, 0.6) is 0 Å². The van der Waals surface area contributed by atoms with Gasteiger partial charge in [-0.2, -0.15) is 5.10 Å². The van der Waals surface area contributed by atoms with E-state index in [9.17, 15) is 0 Å². The van der Waals surface area contributed by atoms with E-state index in [1.54, 1.807) is 4.52 Å². The van der Waals surface area contributed by atoms with Gasteiger partial charge < -0.3 is 0 Å². The van der Waals surface area contributed by atoms with Crippen molar-refractivity contribution < 1.29 is 0 Å². The maximum atomic E-state index is 6.13. The van der Waals surface area contributed by atoms with Crippen LogP contribution in [0.3, 0.4) is 0 Å². The van der Waals surface area contributed by atoms with E-state index in [0.717, 1.165) is 21.5 Å². The first kappa shape index (κ1) is 10.9. The Hall–Kier alpha value is -0.610. The van der Waals surface area contributed by atoms with E-state index in [1.165, 1.54) is 0 Å². The Morgan fingerprint density at radius 1 is 1.47 bits per heavy atom. The number of rotatable bonds is 1. The molecule has 0 aliphatic carbocycles. The maximum absolute atomic E-state index is 6.13. The van der Waals surface area contributed by atoms with Gasteiger partial charge in [0.15, 0.2) is 5.65 Å². The number of aryl methyl sites for hydroxylation is 1. The zero-order valence-electron chi connectivity index (χ0n) is 8.75. The fourth-order valence-electron chi connectivity index (χ4n) is 1.37. The first-order valence-electron chi connectivity index (χ1n) is 4.72. The van der Waals surface area contributed by atoms with Crippen LogP contribution in [0.1, 0.15) is 31.2 Å². The fraction of sp³-hybridized carbons (Fsp3) is 0.400. The van der Waals surface area contributed by atoms with Crippen LogP contribution in [0.4, 0.5) is 0 Å². The van der Waals surface area contributed by atoms with Crippen molar-refractivity contribution in [3.63, 3.8) is 0 Å². The lowest BCUT2D eigenvalue weighted by molar-refractivity contribution is 0.807. The lowest BCUT2D eigenvalue weighted by atomic mass is 10.1. The fourth-order valence-corrected chi connectivity index (χ4v) is 1.94. The highest BCUT2D eigenvalue weighted by Gasteiger charge is 2.13. The van der Waals surface area contributed by atoms with Crippen LogP contribution in [-0.4, -0.2) is 14.6 Å². The molecular weight excluding hydrogens is 277 g/mol. The van der Waals surface area contributed by atoms with Gasteiger partial charge in [-0.1, -0.05) is 25.4 Å². The summed E-state index contributed by atoms with van der Waals surface area (Å²) < 4.78 is 2.55. The van der Waals surface area contributed by atoms with E-state index < -0.39 is 0 Å². The van der Waals surface area contributed by atoms with Gasteiger partial charge in [-0.3, -0.25) is 0 Å². The standard InChI is InChI=1S/C10H11BrClN3/c1-5(2)7-4-8(12)15-10(13-7)9(11)6(3)14-15/h4-5H,1-3H3. The van der Waals surface area contributed by atoms with Crippen LogP contribution < -0.4 is 0 Å². The second kappa shape index (κ2) is 3.76. The molecule has 15 heavy (non-hydrogen) atoms. The van der Waals surface area contributed by atoms with Gasteiger partial charge in [0.25, 0.3) is 0 Å². The second-order valence-electron chi connectivity index (χ2n) is 3.79. The summed E-state index contributed by atoms with van der Waals surface area (Å²) in [5.41, 5.74) is 2.65. The van der Waals surface area contributed by atoms with Gasteiger partial charge in [-0.05, 0) is 34.8 Å². The third-order valence-corrected chi connectivity index (χ3v) is 3.46. The summed E-state index contributed by atoms with van der Waals surface area (Å²) in [5, 5.41) is 4.88. The molecule has 2 heterocycles. The van der Waals surface area contributed by atoms with Gasteiger partial charge in [0.05, 0.1) is 10.2 Å². The minimum atomic E-state index is 0.356. The van der Waals surface area contributed by atoms with E-state index in [2.05, 4.69) is 39.9 Å². The zero-order valence-corrected chi connectivity index (χ0v) is 11.1. The summed E-state index contributed by atoms with van der Waals surface area (Å²) in [6.07, 6.45) is 0. The summed E-state index contributed by atoms with van der Waals surface area (Å²) in [6, 6.07) is 1.86. The van der Waals surface area contributed by atoms with Crippen LogP contribution in [0.25, 0.3) is 5.65 Å². The van der Waals surface area contributed by atoms with Gasteiger partial charge in [0.1, 0.15) is 5.15 Å². The smallest absolute Gasteiger partial charge is 0.171 e. The van der Waals surface area contributed by atoms with Gasteiger partial charge in [-0.15, -0.1) is 0 Å². The van der Waals surface area contributed by atoms with Gasteiger partial charge >= 0.3 is 0 Å². The molecule has 0 aliphatic heterocycles. The summed E-state index contributed by atoms with van der Waals surface area (Å²) in [7, 11) is 0. The molecule has 0 unspecified atom stereocenters. The number of hydrogen-bond acceptors (Lipinski definition) is 2. The van der Waals surface area contributed by atoms with Crippen molar-refractivity contribution in [3.05, 3.63) is 27.1 Å². The summed E-state index contributed by atoms with van der Waals surface area (Å²) >= 11 is 9.59. The molecule has 0 N–H and O–H groups in total. The molecule has 0 aromatic carbocycles. The molecule has 0 radical (unpaired) electrons. The molecule has 0 spiro atoms. The number of halogens is 2. The quantitative estimate of drug-likeness (QED) is 0.751. The third kappa shape index (κ3) is 1.76. The molecule has 0 amide bonds. The molecule has 2 aromatic heterocycles. The van der Waals surface area contributed by atoms with E-state index in [4.69, 9.17) is 11.6 Å². The molecule has 0 bridgehead atoms. The number of nitrogens with zero attached hydrogens (tertiary/aromatic N) is 3. The topological polar surface area (TPSA) is 30.2 Å². The van der Waals surface area contributed by atoms with Crippen molar-refractivity contribution in [2.45, 2.75) is 26.7 Å². The normalized spacial score (nSPS) is 11.6. The van der Waals surface area contributed by atoms with Crippen molar-refractivity contribution in [1.82, 2.24) is 14.6 Å². The summed E-state index contributed by atoms with van der Waals surface area (Å²) in [5.74, 6) is 0.356. The highest BCUT2D eigenvalue weighted by Crippen LogP contribution is 2.25. The Morgan fingerprint density at radius 3 is 2.73 bits per heavy atom. The molecule has 2 aromatic rings. The largest absolute Gasteiger partial charge is 0.232 e. The average molecular weight is 289 g/mol. The van der Waals surface area contributed by atoms with Crippen LogP contribution in [0.15, 0.2) is 10.5 Å². The predicted octanol–water partition coefficient (Wildman–Crippen LogP) is 3.58. The van der Waals surface area contributed by atoms with Crippen molar-refractivity contribution in [1.29, 1.82) is 0 Å². The van der Waals surface area contributed by atoms with Gasteiger partial charge in [0.2, 0.25) is 0 Å². The Bertz CT molecular complexity index is 519. The molecule has 0 saturated carbocycles. The molecule has 0 aliphatic rings. The first-order valence-corrected chi connectivity index (χ1v) is 5.89. The van der Waals surface area contributed by atoms with E-state index >= 15 is 0 Å². The molecule has 0 atom stereocenters. The first-order chi connectivity index (χ1) is 7.00. The lowest BCUT2D eigenvalue weighted by Gasteiger charge is -2.05. The van der Waals surface area contributed by atoms with Crippen LogP contribution >= 0.6 is 27.5 Å². The number of hydrogen-bond donors (Lipinski definition) is 0. The predicted molar refractivity (Wildman–Crippen MR) is 64.5 cm³/mol. The number of aromatic nitrogens is 3. The van der Waals surface area contributed by atoms with Crippen molar-refractivity contribution in [2.24, 2.45) is 0 Å². The SMILES string of the molecule is Cc1nn2c(Cl)cc(C(C)C)nc2c1Br. The van der Waals surface area contributed by atoms with E-state index in [-0.39, 0.29) is 0 Å². The number of fused-ring (bicyclic) bond motifs is 1. The van der Waals surface area contributed by atoms with Crippen LogP contribution in [-0.2, 0) is 0 Å². The van der Waals surface area contributed by atoms with Crippen molar-refractivity contribution in [2.75, 3.05) is 0 Å². The van der Waals surface area contributed by atoms with Gasteiger partial charge in [-0.25, -0.2) is 9.50 Å². The minimum absolute atomic E-state index is 0.356. The average Bonchev–Trinajstić information content (AvgIpc) is 2.45. The van der Waals surface area contributed by atoms with E-state index in [1.807, 2.05) is 13.0 Å². The van der Waals surface area contributed by atoms with Crippen LogP contribution in [0, 0.1) is 6.92 Å². The molecule has 0 fully saturated rings. The summed E-state index contributed by atoms with van der Waals surface area (Å²) in [4.78, 5) is 4.53. The molecule has 5 heteroatoms. The monoisotopic (exact) mass is 287 g/mol. The Kier molecular flexibility index (Phi) is 2.73. The van der Waals surface area contributed by atoms with E-state index in [0.29, 0.717) is 11.1 Å². The highest BCUT2D eigenvalue weighted by atomic mass is 79.9. The third-order valence-electron chi connectivity index (χ3n) is 2.26. The van der Waals surface area contributed by atoms with Crippen molar-refractivity contribution >= 4 is 33.2 Å². The Labute approximate surface area is 102 Å². The Morgan fingerprint density at radius 2 is 2.13 bits per heavy atom. The molecule has 0 saturated heterocycles. The Balaban J connectivity index is 2.79. The molecule has 2 rings (SSSR count). The maximum Gasteiger partial charge on any atom is 0.171 e. The lowest BCUT2D eigenvalue weighted by Crippen LogP contribution is -1.99. The molecule has 80 valence electrons. The molecule has 3 nitrogen and oxygen atoms in total. The summed E-state index contributed by atoms with van der Waals surface area (Å²) in [6.45, 7) is 6.10. The van der Waals surface area contributed by atoms with Gasteiger partial charge in [0, 0.05) is 5.69 Å². The molecular formula is C10H11BrClN3. The highest BCUT2D eigenvalue weighted by molar-refractivity contribution is 9.10. The minimum Gasteiger partial charge on any atom is -0.232 e. The van der Waals surface area contributed by atoms with Crippen LogP contribution in [0.2, 0.25) is 5.15 Å². The second-order valence-corrected chi connectivity index (χ2v) is 4.97. The zero-order chi connectivity index (χ0) is 11.2.